The van der Waals surface area contributed by atoms with Gasteiger partial charge in [-0.3, -0.25) is 14.9 Å². The Morgan fingerprint density at radius 2 is 2.07 bits per heavy atom. The van der Waals surface area contributed by atoms with Crippen LogP contribution in [0.15, 0.2) is 42.5 Å². The molecule has 1 aliphatic rings. The molecule has 150 valence electrons. The number of anilines is 2. The maximum absolute atomic E-state index is 12.3. The predicted molar refractivity (Wildman–Crippen MR) is 113 cm³/mol. The lowest BCUT2D eigenvalue weighted by Gasteiger charge is -2.16. The summed E-state index contributed by atoms with van der Waals surface area (Å²) < 4.78 is 12.0. The second-order valence-electron chi connectivity index (χ2n) is 6.56. The van der Waals surface area contributed by atoms with Gasteiger partial charge in [-0.25, -0.2) is 4.98 Å². The van der Waals surface area contributed by atoms with Crippen LogP contribution >= 0.6 is 11.3 Å². The van der Waals surface area contributed by atoms with E-state index in [-0.39, 0.29) is 18.4 Å². The molecule has 1 aromatic heterocycles. The summed E-state index contributed by atoms with van der Waals surface area (Å²) in [5.74, 6) is 1.14. The molecular weight excluding hydrogens is 390 g/mol. The quantitative estimate of drug-likeness (QED) is 0.639. The van der Waals surface area contributed by atoms with Crippen molar-refractivity contribution in [2.45, 2.75) is 19.8 Å². The standard InChI is InChI=1S/C21H21N3O4S/c1-2-27-16-8-9-17-18(12-16)29-21(22-17)23-19(25)13-28-15-6-3-5-14(11-15)24-10-4-7-20(24)26/h3,5-6,8-9,11-12H,2,4,7,10,13H2,1H3,(H,22,23,25). The number of amides is 2. The van der Waals surface area contributed by atoms with Gasteiger partial charge in [-0.05, 0) is 43.7 Å². The number of carbonyl (C=O) groups excluding carboxylic acids is 2. The van der Waals surface area contributed by atoms with Crippen molar-refractivity contribution in [1.82, 2.24) is 4.98 Å². The van der Waals surface area contributed by atoms with Crippen molar-refractivity contribution < 1.29 is 19.1 Å². The minimum atomic E-state index is -0.295. The van der Waals surface area contributed by atoms with Gasteiger partial charge in [-0.15, -0.1) is 0 Å². The van der Waals surface area contributed by atoms with Crippen molar-refractivity contribution >= 4 is 44.2 Å². The average molecular weight is 411 g/mol. The van der Waals surface area contributed by atoms with E-state index in [0.717, 1.165) is 28.1 Å². The topological polar surface area (TPSA) is 80.8 Å². The van der Waals surface area contributed by atoms with E-state index in [1.54, 1.807) is 17.0 Å². The van der Waals surface area contributed by atoms with E-state index in [1.165, 1.54) is 11.3 Å². The monoisotopic (exact) mass is 411 g/mol. The molecule has 0 aliphatic carbocycles. The van der Waals surface area contributed by atoms with Crippen molar-refractivity contribution in [3.05, 3.63) is 42.5 Å². The maximum atomic E-state index is 12.3. The molecule has 8 heteroatoms. The fourth-order valence-electron chi connectivity index (χ4n) is 3.18. The SMILES string of the molecule is CCOc1ccc2nc(NC(=O)COc3cccc(N4CCCC4=O)c3)sc2c1. The number of nitrogens with one attached hydrogen (secondary N) is 1. The molecule has 29 heavy (non-hydrogen) atoms. The first-order valence-electron chi connectivity index (χ1n) is 9.49. The summed E-state index contributed by atoms with van der Waals surface area (Å²) in [5, 5.41) is 3.28. The molecule has 0 radical (unpaired) electrons. The third-order valence-corrected chi connectivity index (χ3v) is 5.42. The molecule has 2 heterocycles. The van der Waals surface area contributed by atoms with E-state index < -0.39 is 0 Å². The third kappa shape index (κ3) is 4.48. The normalized spacial score (nSPS) is 13.7. The van der Waals surface area contributed by atoms with E-state index in [9.17, 15) is 9.59 Å². The van der Waals surface area contributed by atoms with Gasteiger partial charge in [0, 0.05) is 24.7 Å². The van der Waals surface area contributed by atoms with E-state index >= 15 is 0 Å². The van der Waals surface area contributed by atoms with Gasteiger partial charge >= 0.3 is 0 Å². The van der Waals surface area contributed by atoms with Crippen LogP contribution in [-0.2, 0) is 9.59 Å². The van der Waals surface area contributed by atoms with Gasteiger partial charge in [-0.1, -0.05) is 17.4 Å². The molecule has 1 fully saturated rings. The minimum absolute atomic E-state index is 0.114. The summed E-state index contributed by atoms with van der Waals surface area (Å²) in [6, 6.07) is 12.9. The fourth-order valence-corrected chi connectivity index (χ4v) is 4.09. The summed E-state index contributed by atoms with van der Waals surface area (Å²) >= 11 is 1.38. The summed E-state index contributed by atoms with van der Waals surface area (Å²) in [7, 11) is 0. The van der Waals surface area contributed by atoms with Crippen molar-refractivity contribution in [3.63, 3.8) is 0 Å². The third-order valence-electron chi connectivity index (χ3n) is 4.49. The molecule has 1 saturated heterocycles. The van der Waals surface area contributed by atoms with Gasteiger partial charge < -0.3 is 14.4 Å². The summed E-state index contributed by atoms with van der Waals surface area (Å²) in [4.78, 5) is 30.3. The second-order valence-corrected chi connectivity index (χ2v) is 7.60. The van der Waals surface area contributed by atoms with Crippen LogP contribution in [0.3, 0.4) is 0 Å². The Labute approximate surface area is 172 Å². The summed E-state index contributed by atoms with van der Waals surface area (Å²) in [6.07, 6.45) is 1.43. The van der Waals surface area contributed by atoms with Crippen LogP contribution in [0.25, 0.3) is 10.2 Å². The highest BCUT2D eigenvalue weighted by Gasteiger charge is 2.21. The highest BCUT2D eigenvalue weighted by molar-refractivity contribution is 7.22. The molecule has 0 atom stereocenters. The minimum Gasteiger partial charge on any atom is -0.494 e. The van der Waals surface area contributed by atoms with Crippen LogP contribution in [-0.4, -0.2) is 36.6 Å². The first-order valence-corrected chi connectivity index (χ1v) is 10.3. The van der Waals surface area contributed by atoms with E-state index in [0.29, 0.717) is 30.5 Å². The number of thiazole rings is 1. The number of benzene rings is 2. The number of ether oxygens (including phenoxy) is 2. The smallest absolute Gasteiger partial charge is 0.264 e. The Balaban J connectivity index is 1.36. The van der Waals surface area contributed by atoms with Gasteiger partial charge in [0.25, 0.3) is 5.91 Å². The zero-order chi connectivity index (χ0) is 20.2. The van der Waals surface area contributed by atoms with Gasteiger partial charge in [0.2, 0.25) is 5.91 Å². The summed E-state index contributed by atoms with van der Waals surface area (Å²) in [5.41, 5.74) is 1.60. The lowest BCUT2D eigenvalue weighted by atomic mass is 10.3. The number of hydrogen-bond acceptors (Lipinski definition) is 6. The Bertz CT molecular complexity index is 1050. The predicted octanol–water partition coefficient (Wildman–Crippen LogP) is 3.84. The van der Waals surface area contributed by atoms with Crippen LogP contribution in [0.5, 0.6) is 11.5 Å². The number of hydrogen-bond donors (Lipinski definition) is 1. The van der Waals surface area contributed by atoms with Crippen LogP contribution in [0.1, 0.15) is 19.8 Å². The molecular formula is C21H21N3O4S. The van der Waals surface area contributed by atoms with Gasteiger partial charge in [0.05, 0.1) is 16.8 Å². The van der Waals surface area contributed by atoms with Crippen molar-refractivity contribution in [3.8, 4) is 11.5 Å². The molecule has 1 aliphatic heterocycles. The number of nitrogens with zero attached hydrogens (tertiary/aromatic N) is 2. The number of rotatable bonds is 7. The Morgan fingerprint density at radius 3 is 2.86 bits per heavy atom. The first kappa shape index (κ1) is 19.2. The second kappa shape index (κ2) is 8.48. The number of fused-ring (bicyclic) bond motifs is 1. The highest BCUT2D eigenvalue weighted by Crippen LogP contribution is 2.29. The molecule has 0 unspecified atom stereocenters. The Kier molecular flexibility index (Phi) is 5.62. The molecule has 4 rings (SSSR count). The molecule has 2 amide bonds. The number of aromatic nitrogens is 1. The molecule has 0 saturated carbocycles. The molecule has 7 nitrogen and oxygen atoms in total. The molecule has 0 bridgehead atoms. The Hall–Kier alpha value is -3.13. The fraction of sp³-hybridized carbons (Fsp3) is 0.286. The number of carbonyl (C=O) groups is 2. The van der Waals surface area contributed by atoms with Crippen LogP contribution in [0.2, 0.25) is 0 Å². The zero-order valence-corrected chi connectivity index (χ0v) is 16.8. The highest BCUT2D eigenvalue weighted by atomic mass is 32.1. The van der Waals surface area contributed by atoms with E-state index in [1.807, 2.05) is 37.3 Å². The van der Waals surface area contributed by atoms with Crippen LogP contribution in [0, 0.1) is 0 Å². The summed E-state index contributed by atoms with van der Waals surface area (Å²) in [6.45, 7) is 3.10. The van der Waals surface area contributed by atoms with Gasteiger partial charge in [0.15, 0.2) is 11.7 Å². The van der Waals surface area contributed by atoms with E-state index in [2.05, 4.69) is 10.3 Å². The van der Waals surface area contributed by atoms with Gasteiger partial charge in [0.1, 0.15) is 11.5 Å². The first-order chi connectivity index (χ1) is 14.1. The van der Waals surface area contributed by atoms with Crippen molar-refractivity contribution in [2.75, 3.05) is 30.0 Å². The largest absolute Gasteiger partial charge is 0.494 e. The molecule has 1 N–H and O–H groups in total. The van der Waals surface area contributed by atoms with Crippen LogP contribution in [0.4, 0.5) is 10.8 Å². The molecule has 0 spiro atoms. The maximum Gasteiger partial charge on any atom is 0.264 e. The molecule has 2 aromatic carbocycles. The van der Waals surface area contributed by atoms with Crippen molar-refractivity contribution in [1.29, 1.82) is 0 Å². The lowest BCUT2D eigenvalue weighted by Crippen LogP contribution is -2.24. The lowest BCUT2D eigenvalue weighted by molar-refractivity contribution is -0.118. The van der Waals surface area contributed by atoms with E-state index in [4.69, 9.17) is 9.47 Å². The zero-order valence-electron chi connectivity index (χ0n) is 16.0. The Morgan fingerprint density at radius 1 is 1.21 bits per heavy atom. The van der Waals surface area contributed by atoms with Gasteiger partial charge in [-0.2, -0.15) is 0 Å². The molecule has 3 aromatic rings. The van der Waals surface area contributed by atoms with Crippen LogP contribution < -0.4 is 19.7 Å². The average Bonchev–Trinajstić information content (AvgIpc) is 3.32. The van der Waals surface area contributed by atoms with Crippen molar-refractivity contribution in [2.24, 2.45) is 0 Å².